The second-order valence-corrected chi connectivity index (χ2v) is 6.11. The molecule has 2 aromatic carbocycles. The molecular weight excluding hydrogens is 330 g/mol. The topological polar surface area (TPSA) is 98.5 Å². The fraction of sp³-hybridized carbons (Fsp3) is 0.0714. The third kappa shape index (κ3) is 4.39. The summed E-state index contributed by atoms with van der Waals surface area (Å²) < 4.78 is 57.7. The molecule has 9 heteroatoms. The van der Waals surface area contributed by atoms with Gasteiger partial charge in [0.15, 0.2) is 6.61 Å². The number of rotatable bonds is 6. The van der Waals surface area contributed by atoms with Gasteiger partial charge in [-0.15, -0.1) is 0 Å². The molecule has 6 nitrogen and oxygen atoms in total. The zero-order chi connectivity index (χ0) is 17.0. The van der Waals surface area contributed by atoms with Gasteiger partial charge in [0.2, 0.25) is 0 Å². The number of nitrogens with two attached hydrogens (primary N) is 1. The Hall–Kier alpha value is -2.68. The Labute approximate surface area is 130 Å². The first-order chi connectivity index (χ1) is 10.8. The van der Waals surface area contributed by atoms with Crippen LogP contribution in [0.3, 0.4) is 0 Å². The lowest BCUT2D eigenvalue weighted by Gasteiger charge is -2.10. The van der Waals surface area contributed by atoms with Crippen molar-refractivity contribution in [1.29, 1.82) is 0 Å². The lowest BCUT2D eigenvalue weighted by Crippen LogP contribution is -2.20. The number of carbonyl (C=O) groups is 1. The lowest BCUT2D eigenvalue weighted by atomic mass is 10.3. The van der Waals surface area contributed by atoms with E-state index < -0.39 is 32.5 Å². The Morgan fingerprint density at radius 1 is 1.13 bits per heavy atom. The highest BCUT2D eigenvalue weighted by Crippen LogP contribution is 2.21. The quantitative estimate of drug-likeness (QED) is 0.833. The van der Waals surface area contributed by atoms with E-state index in [9.17, 15) is 22.0 Å². The molecule has 3 N–H and O–H groups in total. The second-order valence-electron chi connectivity index (χ2n) is 4.46. The molecule has 0 fully saturated rings. The minimum absolute atomic E-state index is 0.139. The largest absolute Gasteiger partial charge is 0.484 e. The van der Waals surface area contributed by atoms with E-state index in [0.29, 0.717) is 11.8 Å². The molecule has 0 unspecified atom stereocenters. The van der Waals surface area contributed by atoms with Crippen LogP contribution in [0.1, 0.15) is 0 Å². The van der Waals surface area contributed by atoms with Crippen LogP contribution in [0.5, 0.6) is 5.75 Å². The molecule has 23 heavy (non-hydrogen) atoms. The molecule has 0 aromatic heterocycles. The van der Waals surface area contributed by atoms with Crippen molar-refractivity contribution < 1.29 is 26.7 Å². The van der Waals surface area contributed by atoms with E-state index >= 15 is 0 Å². The first-order valence-electron chi connectivity index (χ1n) is 6.27. The summed E-state index contributed by atoms with van der Waals surface area (Å²) in [5, 5.41) is 0. The van der Waals surface area contributed by atoms with Crippen LogP contribution >= 0.6 is 0 Å². The molecule has 0 aliphatic rings. The molecule has 122 valence electrons. The monoisotopic (exact) mass is 342 g/mol. The minimum Gasteiger partial charge on any atom is -0.484 e. The molecule has 0 heterocycles. The first-order valence-corrected chi connectivity index (χ1v) is 7.75. The Bertz CT molecular complexity index is 823. The maximum absolute atomic E-state index is 13.6. The number of benzene rings is 2. The van der Waals surface area contributed by atoms with Gasteiger partial charge in [-0.25, -0.2) is 17.2 Å². The van der Waals surface area contributed by atoms with Crippen LogP contribution in [-0.2, 0) is 14.8 Å². The van der Waals surface area contributed by atoms with Crippen molar-refractivity contribution in [2.75, 3.05) is 11.3 Å². The van der Waals surface area contributed by atoms with Crippen molar-refractivity contribution in [3.8, 4) is 5.75 Å². The van der Waals surface area contributed by atoms with E-state index in [2.05, 4.69) is 4.72 Å². The van der Waals surface area contributed by atoms with Gasteiger partial charge in [0.1, 0.15) is 22.3 Å². The summed E-state index contributed by atoms with van der Waals surface area (Å²) in [6.07, 6.45) is 0. The molecule has 0 saturated heterocycles. The van der Waals surface area contributed by atoms with Crippen molar-refractivity contribution in [3.05, 3.63) is 54.1 Å². The molecule has 0 aliphatic carbocycles. The maximum atomic E-state index is 13.6. The number of ether oxygens (including phenoxy) is 1. The van der Waals surface area contributed by atoms with Crippen molar-refractivity contribution in [2.24, 2.45) is 5.73 Å². The van der Waals surface area contributed by atoms with Gasteiger partial charge in [-0.3, -0.25) is 9.52 Å². The Morgan fingerprint density at radius 3 is 2.35 bits per heavy atom. The third-order valence-electron chi connectivity index (χ3n) is 2.67. The van der Waals surface area contributed by atoms with Gasteiger partial charge in [-0.2, -0.15) is 0 Å². The number of amides is 1. The number of carbonyl (C=O) groups excluding carboxylic acids is 1. The third-order valence-corrected chi connectivity index (χ3v) is 4.09. The van der Waals surface area contributed by atoms with E-state index in [4.69, 9.17) is 10.5 Å². The van der Waals surface area contributed by atoms with Crippen LogP contribution in [-0.4, -0.2) is 20.9 Å². The zero-order valence-corrected chi connectivity index (χ0v) is 12.4. The SMILES string of the molecule is NC(=O)COc1ccc(NS(=O)(=O)c2ccc(F)cc2F)cc1. The minimum atomic E-state index is -4.21. The Balaban J connectivity index is 2.15. The van der Waals surface area contributed by atoms with Gasteiger partial charge in [-0.05, 0) is 36.4 Å². The highest BCUT2D eigenvalue weighted by Gasteiger charge is 2.19. The molecule has 0 aliphatic heterocycles. The van der Waals surface area contributed by atoms with Crippen LogP contribution in [0.4, 0.5) is 14.5 Å². The van der Waals surface area contributed by atoms with Crippen molar-refractivity contribution in [3.63, 3.8) is 0 Å². The van der Waals surface area contributed by atoms with Crippen LogP contribution in [0.25, 0.3) is 0 Å². The number of hydrogen-bond acceptors (Lipinski definition) is 4. The molecular formula is C14H12F2N2O4S. The average Bonchev–Trinajstić information content (AvgIpc) is 2.45. The highest BCUT2D eigenvalue weighted by molar-refractivity contribution is 7.92. The first kappa shape index (κ1) is 16.7. The van der Waals surface area contributed by atoms with Crippen molar-refractivity contribution >= 4 is 21.6 Å². The van der Waals surface area contributed by atoms with Crippen molar-refractivity contribution in [2.45, 2.75) is 4.90 Å². The molecule has 0 bridgehead atoms. The van der Waals surface area contributed by atoms with E-state index in [1.807, 2.05) is 0 Å². The van der Waals surface area contributed by atoms with Gasteiger partial charge >= 0.3 is 0 Å². The van der Waals surface area contributed by atoms with E-state index in [0.717, 1.165) is 12.1 Å². The van der Waals surface area contributed by atoms with Gasteiger partial charge < -0.3 is 10.5 Å². The smallest absolute Gasteiger partial charge is 0.264 e. The number of anilines is 1. The lowest BCUT2D eigenvalue weighted by molar-refractivity contribution is -0.119. The summed E-state index contributed by atoms with van der Waals surface area (Å²) >= 11 is 0. The Morgan fingerprint density at radius 2 is 1.78 bits per heavy atom. The van der Waals surface area contributed by atoms with Gasteiger partial charge in [0.05, 0.1) is 0 Å². The molecule has 0 saturated carbocycles. The van der Waals surface area contributed by atoms with Crippen molar-refractivity contribution in [1.82, 2.24) is 0 Å². The predicted molar refractivity (Wildman–Crippen MR) is 78.3 cm³/mol. The van der Waals surface area contributed by atoms with Crippen LogP contribution in [0, 0.1) is 11.6 Å². The summed E-state index contributed by atoms with van der Waals surface area (Å²) in [6.45, 7) is -0.314. The Kier molecular flexibility index (Phi) is 4.80. The van der Waals surface area contributed by atoms with E-state index in [1.54, 1.807) is 0 Å². The summed E-state index contributed by atoms with van der Waals surface area (Å²) in [4.78, 5) is 9.91. The average molecular weight is 342 g/mol. The fourth-order valence-electron chi connectivity index (χ4n) is 1.68. The number of hydrogen-bond donors (Lipinski definition) is 2. The van der Waals surface area contributed by atoms with Gasteiger partial charge in [0.25, 0.3) is 15.9 Å². The van der Waals surface area contributed by atoms with Crippen LogP contribution in [0.2, 0.25) is 0 Å². The van der Waals surface area contributed by atoms with E-state index in [-0.39, 0.29) is 12.3 Å². The number of nitrogens with one attached hydrogen (secondary N) is 1. The fourth-order valence-corrected chi connectivity index (χ4v) is 2.80. The molecule has 0 spiro atoms. The molecule has 2 rings (SSSR count). The highest BCUT2D eigenvalue weighted by atomic mass is 32.2. The second kappa shape index (κ2) is 6.61. The maximum Gasteiger partial charge on any atom is 0.264 e. The van der Waals surface area contributed by atoms with Crippen LogP contribution < -0.4 is 15.2 Å². The van der Waals surface area contributed by atoms with E-state index in [1.165, 1.54) is 24.3 Å². The molecule has 2 aromatic rings. The van der Waals surface area contributed by atoms with Crippen LogP contribution in [0.15, 0.2) is 47.4 Å². The number of sulfonamides is 1. The summed E-state index contributed by atoms with van der Waals surface area (Å²) in [6, 6.07) is 7.68. The summed E-state index contributed by atoms with van der Waals surface area (Å²) in [5.74, 6) is -2.42. The molecule has 0 radical (unpaired) electrons. The molecule has 0 atom stereocenters. The summed E-state index contributed by atoms with van der Waals surface area (Å²) in [5.41, 5.74) is 5.06. The standard InChI is InChI=1S/C14H12F2N2O4S/c15-9-1-6-13(12(16)7-9)23(20,21)18-10-2-4-11(5-3-10)22-8-14(17)19/h1-7,18H,8H2,(H2,17,19). The zero-order valence-electron chi connectivity index (χ0n) is 11.6. The van der Waals surface area contributed by atoms with Gasteiger partial charge in [0, 0.05) is 11.8 Å². The number of halogens is 2. The van der Waals surface area contributed by atoms with Gasteiger partial charge in [-0.1, -0.05) is 0 Å². The summed E-state index contributed by atoms with van der Waals surface area (Å²) in [7, 11) is -4.21. The molecule has 1 amide bonds. The number of primary amides is 1. The normalized spacial score (nSPS) is 11.0. The predicted octanol–water partition coefficient (Wildman–Crippen LogP) is 1.63.